The standard InChI is InChI=1S/C22H22FN3O5S/c1-2-31-14-4-6-15(7-5-14)32(29,30)25-12-21(17-10-19(17)25)26-20-9-13(23)3-8-16(20)18(24-26)11-22(27)28/h3-9,17,19,21H,2,10-12H2,1H3,(H,27,28)/t17-,19+,21+/m1/s1. The number of benzene rings is 2. The molecule has 168 valence electrons. The van der Waals surface area contributed by atoms with Gasteiger partial charge in [0.1, 0.15) is 11.6 Å². The lowest BCUT2D eigenvalue weighted by molar-refractivity contribution is -0.136. The molecule has 5 rings (SSSR count). The summed E-state index contributed by atoms with van der Waals surface area (Å²) >= 11 is 0. The van der Waals surface area contributed by atoms with Crippen LogP contribution in [0.5, 0.6) is 5.75 Å². The summed E-state index contributed by atoms with van der Waals surface area (Å²) in [5.74, 6) is -0.830. The molecule has 1 N–H and O–H groups in total. The lowest BCUT2D eigenvalue weighted by atomic mass is 10.1. The van der Waals surface area contributed by atoms with Crippen molar-refractivity contribution in [2.75, 3.05) is 13.2 Å². The van der Waals surface area contributed by atoms with E-state index in [0.717, 1.165) is 0 Å². The first-order valence-corrected chi connectivity index (χ1v) is 11.9. The predicted molar refractivity (Wildman–Crippen MR) is 113 cm³/mol. The fourth-order valence-electron chi connectivity index (χ4n) is 4.65. The molecule has 3 atom stereocenters. The zero-order valence-electron chi connectivity index (χ0n) is 17.3. The molecule has 0 unspecified atom stereocenters. The topological polar surface area (TPSA) is 102 Å². The summed E-state index contributed by atoms with van der Waals surface area (Å²) in [5, 5.41) is 14.3. The normalized spacial score (nSPS) is 22.8. The summed E-state index contributed by atoms with van der Waals surface area (Å²) < 4.78 is 49.1. The van der Waals surface area contributed by atoms with Gasteiger partial charge in [-0.2, -0.15) is 9.40 Å². The summed E-state index contributed by atoms with van der Waals surface area (Å²) in [7, 11) is -3.72. The molecule has 1 aliphatic heterocycles. The summed E-state index contributed by atoms with van der Waals surface area (Å²) in [6, 6.07) is 10.0. The maximum absolute atomic E-state index is 14.0. The molecule has 10 heteroatoms. The minimum absolute atomic E-state index is 0.0523. The van der Waals surface area contributed by atoms with Crippen molar-refractivity contribution in [3.05, 3.63) is 54.0 Å². The largest absolute Gasteiger partial charge is 0.494 e. The zero-order valence-corrected chi connectivity index (χ0v) is 18.1. The van der Waals surface area contributed by atoms with E-state index in [0.29, 0.717) is 35.4 Å². The maximum atomic E-state index is 14.0. The van der Waals surface area contributed by atoms with Gasteiger partial charge in [0.25, 0.3) is 0 Å². The van der Waals surface area contributed by atoms with Gasteiger partial charge in [0, 0.05) is 23.9 Å². The second-order valence-corrected chi connectivity index (χ2v) is 10.0. The van der Waals surface area contributed by atoms with Gasteiger partial charge in [-0.05, 0) is 55.8 Å². The first kappa shape index (κ1) is 20.9. The number of aliphatic carboxylic acids is 1. The van der Waals surface area contributed by atoms with Crippen molar-refractivity contribution in [1.29, 1.82) is 0 Å². The number of sulfonamides is 1. The van der Waals surface area contributed by atoms with E-state index in [1.807, 2.05) is 6.92 Å². The molecule has 2 heterocycles. The molecule has 0 amide bonds. The van der Waals surface area contributed by atoms with E-state index in [1.165, 1.54) is 34.6 Å². The minimum atomic E-state index is -3.72. The monoisotopic (exact) mass is 459 g/mol. The van der Waals surface area contributed by atoms with Gasteiger partial charge in [-0.1, -0.05) is 0 Å². The van der Waals surface area contributed by atoms with Gasteiger partial charge in [0.15, 0.2) is 0 Å². The van der Waals surface area contributed by atoms with Crippen LogP contribution in [0, 0.1) is 11.7 Å². The number of hydrogen-bond donors (Lipinski definition) is 1. The highest BCUT2D eigenvalue weighted by molar-refractivity contribution is 7.89. The van der Waals surface area contributed by atoms with Crippen LogP contribution < -0.4 is 4.74 Å². The second kappa shape index (κ2) is 7.56. The number of piperidine rings is 1. The van der Waals surface area contributed by atoms with Crippen molar-refractivity contribution in [3.8, 4) is 5.75 Å². The molecular weight excluding hydrogens is 437 g/mol. The van der Waals surface area contributed by atoms with E-state index in [-0.39, 0.29) is 35.9 Å². The van der Waals surface area contributed by atoms with Crippen molar-refractivity contribution in [2.24, 2.45) is 5.92 Å². The number of carboxylic acids is 1. The molecule has 2 aromatic carbocycles. The summed E-state index contributed by atoms with van der Waals surface area (Å²) in [4.78, 5) is 11.5. The van der Waals surface area contributed by atoms with Crippen LogP contribution in [0.2, 0.25) is 0 Å². The molecule has 0 spiro atoms. The van der Waals surface area contributed by atoms with E-state index >= 15 is 0 Å². The second-order valence-electron chi connectivity index (χ2n) is 8.14. The number of nitrogens with zero attached hydrogens (tertiary/aromatic N) is 3. The molecule has 1 saturated heterocycles. The van der Waals surface area contributed by atoms with Crippen molar-refractivity contribution >= 4 is 26.9 Å². The Morgan fingerprint density at radius 2 is 1.97 bits per heavy atom. The number of carboxylic acid groups (broad SMARTS) is 1. The highest BCUT2D eigenvalue weighted by Crippen LogP contribution is 2.53. The van der Waals surface area contributed by atoms with Crippen LogP contribution in [0.25, 0.3) is 10.9 Å². The smallest absolute Gasteiger partial charge is 0.309 e. The molecule has 0 radical (unpaired) electrons. The van der Waals surface area contributed by atoms with Crippen molar-refractivity contribution in [1.82, 2.24) is 14.1 Å². The van der Waals surface area contributed by atoms with Crippen LogP contribution >= 0.6 is 0 Å². The van der Waals surface area contributed by atoms with Gasteiger partial charge in [-0.15, -0.1) is 0 Å². The van der Waals surface area contributed by atoms with Crippen LogP contribution in [0.3, 0.4) is 0 Å². The van der Waals surface area contributed by atoms with Crippen molar-refractivity contribution in [3.63, 3.8) is 0 Å². The number of ether oxygens (including phenoxy) is 1. The third-order valence-electron chi connectivity index (χ3n) is 6.16. The Hall–Kier alpha value is -2.98. The third-order valence-corrected chi connectivity index (χ3v) is 8.06. The Bertz CT molecular complexity index is 1310. The Kier molecular flexibility index (Phi) is 4.94. The van der Waals surface area contributed by atoms with Gasteiger partial charge >= 0.3 is 5.97 Å². The van der Waals surface area contributed by atoms with Gasteiger partial charge in [-0.25, -0.2) is 12.8 Å². The third kappa shape index (κ3) is 3.43. The molecule has 2 aliphatic rings. The molecular formula is C22H22FN3O5S. The fraction of sp³-hybridized carbons (Fsp3) is 0.364. The van der Waals surface area contributed by atoms with E-state index in [9.17, 15) is 22.7 Å². The zero-order chi connectivity index (χ0) is 22.6. The number of halogens is 1. The highest BCUT2D eigenvalue weighted by Gasteiger charge is 2.58. The molecule has 8 nitrogen and oxygen atoms in total. The quantitative estimate of drug-likeness (QED) is 0.583. The lowest BCUT2D eigenvalue weighted by Gasteiger charge is -2.21. The van der Waals surface area contributed by atoms with E-state index in [4.69, 9.17) is 4.74 Å². The number of carbonyl (C=O) groups is 1. The SMILES string of the molecule is CCOc1ccc(S(=O)(=O)N2C[C@H](n3nc(CC(=O)O)c4ccc(F)cc43)[C@@H]3C[C@@H]32)cc1. The number of aromatic nitrogens is 2. The molecule has 1 saturated carbocycles. The summed E-state index contributed by atoms with van der Waals surface area (Å²) in [6.45, 7) is 2.55. The van der Waals surface area contributed by atoms with Crippen LogP contribution in [0.15, 0.2) is 47.4 Å². The van der Waals surface area contributed by atoms with Crippen LogP contribution in [-0.2, 0) is 21.2 Å². The molecule has 0 bridgehead atoms. The Labute approximate surface area is 184 Å². The maximum Gasteiger partial charge on any atom is 0.309 e. The highest BCUT2D eigenvalue weighted by atomic mass is 32.2. The molecule has 3 aromatic rings. The molecule has 32 heavy (non-hydrogen) atoms. The number of rotatable bonds is 7. The summed E-state index contributed by atoms with van der Waals surface area (Å²) in [6.07, 6.45) is 0.399. The van der Waals surface area contributed by atoms with Crippen LogP contribution in [0.1, 0.15) is 25.1 Å². The Balaban J connectivity index is 1.48. The molecule has 1 aliphatic carbocycles. The first-order chi connectivity index (χ1) is 15.3. The van der Waals surface area contributed by atoms with Gasteiger partial charge < -0.3 is 9.84 Å². The summed E-state index contributed by atoms with van der Waals surface area (Å²) in [5.41, 5.74) is 0.828. The van der Waals surface area contributed by atoms with E-state index in [2.05, 4.69) is 5.10 Å². The molecule has 2 fully saturated rings. The molecule has 1 aromatic heterocycles. The number of fused-ring (bicyclic) bond motifs is 2. The predicted octanol–water partition coefficient (Wildman–Crippen LogP) is 2.84. The van der Waals surface area contributed by atoms with Crippen LogP contribution in [-0.4, -0.2) is 52.8 Å². The van der Waals surface area contributed by atoms with Crippen molar-refractivity contribution in [2.45, 2.75) is 36.7 Å². The average Bonchev–Trinajstić information content (AvgIpc) is 3.32. The van der Waals surface area contributed by atoms with Crippen LogP contribution in [0.4, 0.5) is 4.39 Å². The van der Waals surface area contributed by atoms with Gasteiger partial charge in [0.2, 0.25) is 10.0 Å². The number of hydrogen-bond acceptors (Lipinski definition) is 5. The minimum Gasteiger partial charge on any atom is -0.494 e. The van der Waals surface area contributed by atoms with Crippen molar-refractivity contribution < 1.29 is 27.4 Å². The van der Waals surface area contributed by atoms with E-state index in [1.54, 1.807) is 16.8 Å². The Morgan fingerprint density at radius 1 is 1.22 bits per heavy atom. The first-order valence-electron chi connectivity index (χ1n) is 10.4. The lowest BCUT2D eigenvalue weighted by Crippen LogP contribution is -2.33. The van der Waals surface area contributed by atoms with E-state index < -0.39 is 21.8 Å². The van der Waals surface area contributed by atoms with Gasteiger partial charge in [0.05, 0.1) is 35.2 Å². The fourth-order valence-corrected chi connectivity index (χ4v) is 6.35. The Morgan fingerprint density at radius 3 is 2.66 bits per heavy atom. The average molecular weight is 459 g/mol. The van der Waals surface area contributed by atoms with Gasteiger partial charge in [-0.3, -0.25) is 9.48 Å².